The second kappa shape index (κ2) is 5.12. The van der Waals surface area contributed by atoms with Crippen LogP contribution in [0.15, 0.2) is 28.7 Å². The minimum Gasteiger partial charge on any atom is -0.429 e. The van der Waals surface area contributed by atoms with E-state index in [1.54, 1.807) is 0 Å². The summed E-state index contributed by atoms with van der Waals surface area (Å²) in [5, 5.41) is 0. The Balaban J connectivity index is 2.00. The van der Waals surface area contributed by atoms with Crippen molar-refractivity contribution in [1.82, 2.24) is 4.98 Å². The minimum atomic E-state index is 0.255. The van der Waals surface area contributed by atoms with Crippen LogP contribution < -0.4 is 10.6 Å². The van der Waals surface area contributed by atoms with Crippen LogP contribution in [0.4, 0.5) is 11.7 Å². The number of rotatable bonds is 4. The zero-order valence-electron chi connectivity index (χ0n) is 11.1. The van der Waals surface area contributed by atoms with E-state index in [4.69, 9.17) is 10.2 Å². The van der Waals surface area contributed by atoms with Gasteiger partial charge in [0.25, 0.3) is 6.01 Å². The molecule has 0 saturated heterocycles. The van der Waals surface area contributed by atoms with Crippen LogP contribution >= 0.6 is 0 Å². The summed E-state index contributed by atoms with van der Waals surface area (Å²) in [5.74, 6) is 0.817. The second-order valence-corrected chi connectivity index (χ2v) is 4.62. The molecule has 96 valence electrons. The number of hydrogen-bond acceptors (Lipinski definition) is 4. The molecule has 0 unspecified atom stereocenters. The Morgan fingerprint density at radius 2 is 1.83 bits per heavy atom. The third kappa shape index (κ3) is 2.83. The summed E-state index contributed by atoms with van der Waals surface area (Å²) in [6.45, 7) is 1.90. The molecule has 1 heterocycles. The Morgan fingerprint density at radius 1 is 1.17 bits per heavy atom. The summed E-state index contributed by atoms with van der Waals surface area (Å²) in [6.07, 6.45) is 1.80. The molecular formula is C14H19N3O. The van der Waals surface area contributed by atoms with Gasteiger partial charge in [0.15, 0.2) is 0 Å². The zero-order valence-corrected chi connectivity index (χ0v) is 11.1. The number of benzene rings is 1. The lowest BCUT2D eigenvalue weighted by atomic mass is 10.1. The Kier molecular flexibility index (Phi) is 3.55. The average Bonchev–Trinajstić information content (AvgIpc) is 2.66. The van der Waals surface area contributed by atoms with E-state index in [1.165, 1.54) is 11.3 Å². The fourth-order valence-electron chi connectivity index (χ4n) is 1.91. The molecule has 0 spiro atoms. The highest BCUT2D eigenvalue weighted by Gasteiger charge is 2.07. The highest BCUT2D eigenvalue weighted by molar-refractivity contribution is 5.46. The number of hydrogen-bond donors (Lipinski definition) is 1. The van der Waals surface area contributed by atoms with Gasteiger partial charge < -0.3 is 15.1 Å². The lowest BCUT2D eigenvalue weighted by Gasteiger charge is -2.12. The number of nitrogen functional groups attached to an aromatic ring is 1. The first kappa shape index (κ1) is 12.5. The molecule has 0 bridgehead atoms. The number of aryl methyl sites for hydroxylation is 3. The smallest absolute Gasteiger partial charge is 0.292 e. The average molecular weight is 245 g/mol. The quantitative estimate of drug-likeness (QED) is 0.898. The molecule has 4 nitrogen and oxygen atoms in total. The van der Waals surface area contributed by atoms with Gasteiger partial charge in [-0.15, -0.1) is 0 Å². The van der Waals surface area contributed by atoms with Crippen molar-refractivity contribution in [2.24, 2.45) is 0 Å². The van der Waals surface area contributed by atoms with Crippen LogP contribution in [0.2, 0.25) is 0 Å². The number of oxazole rings is 1. The number of aromatic nitrogens is 1. The summed E-state index contributed by atoms with van der Waals surface area (Å²) in [7, 11) is 4.08. The van der Waals surface area contributed by atoms with Crippen LogP contribution in [0.5, 0.6) is 0 Å². The summed E-state index contributed by atoms with van der Waals surface area (Å²) in [6, 6.07) is 8.80. The maximum Gasteiger partial charge on any atom is 0.292 e. The molecule has 2 rings (SSSR count). The Bertz CT molecular complexity index is 514. The van der Waals surface area contributed by atoms with Crippen molar-refractivity contribution < 1.29 is 4.42 Å². The van der Waals surface area contributed by atoms with Crippen LogP contribution in [-0.4, -0.2) is 19.1 Å². The van der Waals surface area contributed by atoms with Crippen molar-refractivity contribution in [1.29, 1.82) is 0 Å². The van der Waals surface area contributed by atoms with Crippen LogP contribution in [0.1, 0.15) is 17.0 Å². The number of anilines is 2. The first-order chi connectivity index (χ1) is 8.56. The maximum absolute atomic E-state index is 5.52. The maximum atomic E-state index is 5.52. The summed E-state index contributed by atoms with van der Waals surface area (Å²) < 4.78 is 5.21. The largest absolute Gasteiger partial charge is 0.429 e. The van der Waals surface area contributed by atoms with E-state index < -0.39 is 0 Å². The van der Waals surface area contributed by atoms with Gasteiger partial charge in [-0.3, -0.25) is 0 Å². The van der Waals surface area contributed by atoms with Crippen molar-refractivity contribution in [2.45, 2.75) is 19.8 Å². The molecule has 18 heavy (non-hydrogen) atoms. The van der Waals surface area contributed by atoms with Gasteiger partial charge >= 0.3 is 0 Å². The van der Waals surface area contributed by atoms with E-state index in [0.717, 1.165) is 24.3 Å². The van der Waals surface area contributed by atoms with Crippen LogP contribution in [0.3, 0.4) is 0 Å². The monoisotopic (exact) mass is 245 g/mol. The first-order valence-electron chi connectivity index (χ1n) is 6.04. The van der Waals surface area contributed by atoms with Crippen molar-refractivity contribution in [3.8, 4) is 0 Å². The van der Waals surface area contributed by atoms with Gasteiger partial charge in [0.1, 0.15) is 5.76 Å². The normalized spacial score (nSPS) is 10.6. The molecule has 0 atom stereocenters. The third-order valence-corrected chi connectivity index (χ3v) is 3.01. The molecule has 0 aliphatic rings. The van der Waals surface area contributed by atoms with E-state index in [0.29, 0.717) is 0 Å². The molecule has 0 amide bonds. The van der Waals surface area contributed by atoms with Gasteiger partial charge in [0.05, 0.1) is 5.69 Å². The predicted molar refractivity (Wildman–Crippen MR) is 73.8 cm³/mol. The fourth-order valence-corrected chi connectivity index (χ4v) is 1.91. The molecule has 0 fully saturated rings. The van der Waals surface area contributed by atoms with Gasteiger partial charge in [0, 0.05) is 19.8 Å². The Hall–Kier alpha value is -1.97. The zero-order chi connectivity index (χ0) is 13.1. The van der Waals surface area contributed by atoms with Crippen molar-refractivity contribution in [3.63, 3.8) is 0 Å². The van der Waals surface area contributed by atoms with Gasteiger partial charge in [0.2, 0.25) is 0 Å². The first-order valence-corrected chi connectivity index (χ1v) is 6.04. The molecular weight excluding hydrogens is 226 g/mol. The number of nitrogens with zero attached hydrogens (tertiary/aromatic N) is 2. The predicted octanol–water partition coefficient (Wildman–Crippen LogP) is 2.42. The van der Waals surface area contributed by atoms with Crippen LogP contribution in [0.25, 0.3) is 0 Å². The molecule has 0 aliphatic carbocycles. The third-order valence-electron chi connectivity index (χ3n) is 3.01. The van der Waals surface area contributed by atoms with Crippen LogP contribution in [-0.2, 0) is 12.8 Å². The van der Waals surface area contributed by atoms with Crippen molar-refractivity contribution in [3.05, 3.63) is 41.3 Å². The Morgan fingerprint density at radius 3 is 2.33 bits per heavy atom. The number of nitrogens with two attached hydrogens (primary N) is 1. The van der Waals surface area contributed by atoms with Crippen molar-refractivity contribution >= 4 is 11.7 Å². The van der Waals surface area contributed by atoms with E-state index in [2.05, 4.69) is 34.1 Å². The lowest BCUT2D eigenvalue weighted by molar-refractivity contribution is 0.544. The highest BCUT2D eigenvalue weighted by atomic mass is 16.4. The highest BCUT2D eigenvalue weighted by Crippen LogP contribution is 2.16. The SMILES string of the molecule is Cc1oc(N)nc1CCc1ccc(N(C)C)cc1. The van der Waals surface area contributed by atoms with Crippen molar-refractivity contribution in [2.75, 3.05) is 24.7 Å². The van der Waals surface area contributed by atoms with E-state index in [9.17, 15) is 0 Å². The van der Waals surface area contributed by atoms with E-state index in [1.807, 2.05) is 21.0 Å². The molecule has 0 saturated carbocycles. The summed E-state index contributed by atoms with van der Waals surface area (Å²) in [5.41, 5.74) is 8.97. The Labute approximate surface area is 107 Å². The van der Waals surface area contributed by atoms with Gasteiger partial charge in [-0.1, -0.05) is 12.1 Å². The molecule has 0 aliphatic heterocycles. The molecule has 0 radical (unpaired) electrons. The molecule has 2 aromatic rings. The summed E-state index contributed by atoms with van der Waals surface area (Å²) >= 11 is 0. The molecule has 1 aromatic heterocycles. The standard InChI is InChI=1S/C14H19N3O/c1-10-13(16-14(15)18-10)9-6-11-4-7-12(8-5-11)17(2)3/h4-5,7-8H,6,9H2,1-3H3,(H2,15,16). The molecule has 4 heteroatoms. The van der Waals surface area contributed by atoms with E-state index in [-0.39, 0.29) is 6.01 Å². The van der Waals surface area contributed by atoms with Gasteiger partial charge in [-0.25, -0.2) is 0 Å². The molecule has 1 aromatic carbocycles. The van der Waals surface area contributed by atoms with Gasteiger partial charge in [-0.2, -0.15) is 4.98 Å². The molecule has 2 N–H and O–H groups in total. The summed E-state index contributed by atoms with van der Waals surface area (Å²) in [4.78, 5) is 6.26. The van der Waals surface area contributed by atoms with Crippen LogP contribution in [0, 0.1) is 6.92 Å². The minimum absolute atomic E-state index is 0.255. The topological polar surface area (TPSA) is 55.3 Å². The van der Waals surface area contributed by atoms with Gasteiger partial charge in [-0.05, 0) is 37.5 Å². The second-order valence-electron chi connectivity index (χ2n) is 4.62. The fraction of sp³-hybridized carbons (Fsp3) is 0.357. The lowest BCUT2D eigenvalue weighted by Crippen LogP contribution is -2.08. The van der Waals surface area contributed by atoms with E-state index >= 15 is 0 Å².